The number of ether oxygens (including phenoxy) is 1. The van der Waals surface area contributed by atoms with Gasteiger partial charge in [0.25, 0.3) is 0 Å². The molecule has 0 spiro atoms. The normalized spacial score (nSPS) is 10.7. The fraction of sp³-hybridized carbons (Fsp3) is 0.250. The molecule has 0 saturated carbocycles. The summed E-state index contributed by atoms with van der Waals surface area (Å²) in [5.74, 6) is 0.119. The zero-order chi connectivity index (χ0) is 21.7. The van der Waals surface area contributed by atoms with E-state index in [9.17, 15) is 4.79 Å². The summed E-state index contributed by atoms with van der Waals surface area (Å²) >= 11 is 7.01. The minimum Gasteiger partial charge on any atom is -0.462 e. The van der Waals surface area contributed by atoms with Crippen LogP contribution in [0.2, 0.25) is 0 Å². The van der Waals surface area contributed by atoms with Gasteiger partial charge in [-0.1, -0.05) is 56.3 Å². The van der Waals surface area contributed by atoms with Gasteiger partial charge >= 0.3 is 5.97 Å². The maximum Gasteiger partial charge on any atom is 0.341 e. The zero-order valence-corrected chi connectivity index (χ0v) is 19.2. The van der Waals surface area contributed by atoms with Gasteiger partial charge in [-0.05, 0) is 55.2 Å². The van der Waals surface area contributed by atoms with E-state index in [0.29, 0.717) is 28.2 Å². The molecule has 3 aromatic rings. The zero-order valence-electron chi connectivity index (χ0n) is 17.6. The number of carbonyl (C=O) groups is 1. The molecule has 6 heteroatoms. The molecular formula is C24H26N2O2S2. The average Bonchev–Trinajstić information content (AvgIpc) is 3.04. The molecule has 0 atom stereocenters. The van der Waals surface area contributed by atoms with Gasteiger partial charge in [0.15, 0.2) is 5.11 Å². The molecule has 0 aliphatic rings. The van der Waals surface area contributed by atoms with E-state index in [0.717, 1.165) is 21.7 Å². The summed E-state index contributed by atoms with van der Waals surface area (Å²) in [5.41, 5.74) is 4.54. The topological polar surface area (TPSA) is 50.4 Å². The van der Waals surface area contributed by atoms with Crippen molar-refractivity contribution in [1.82, 2.24) is 0 Å². The van der Waals surface area contributed by atoms with E-state index in [1.54, 1.807) is 6.92 Å². The Bertz CT molecular complexity index is 1030. The number of carbonyl (C=O) groups excluding carboxylic acids is 1. The first-order chi connectivity index (χ1) is 14.4. The number of rotatable bonds is 6. The standard InChI is InChI=1S/C24H26N2O2S2/c1-5-28-23(27)21-20(18-9-7-6-8-10-18)16(4)30-22(21)26-24(29)25-19-13-11-17(12-14-19)15(2)3/h6-15H,5H2,1-4H3,(H2,25,26,29). The van der Waals surface area contributed by atoms with Crippen LogP contribution in [0.15, 0.2) is 54.6 Å². The Morgan fingerprint density at radius 3 is 2.33 bits per heavy atom. The third kappa shape index (κ3) is 5.07. The lowest BCUT2D eigenvalue weighted by molar-refractivity contribution is 0.0529. The third-order valence-electron chi connectivity index (χ3n) is 4.69. The van der Waals surface area contributed by atoms with Crippen LogP contribution < -0.4 is 10.6 Å². The molecule has 0 aliphatic carbocycles. The van der Waals surface area contributed by atoms with Crippen LogP contribution >= 0.6 is 23.6 Å². The molecule has 156 valence electrons. The summed E-state index contributed by atoms with van der Waals surface area (Å²) in [6.45, 7) is 8.44. The molecule has 0 fully saturated rings. The summed E-state index contributed by atoms with van der Waals surface area (Å²) in [6.07, 6.45) is 0. The predicted octanol–water partition coefficient (Wildman–Crippen LogP) is 6.83. The number of thiocarbonyl (C=S) groups is 1. The van der Waals surface area contributed by atoms with Gasteiger partial charge in [0.1, 0.15) is 10.6 Å². The van der Waals surface area contributed by atoms with E-state index in [4.69, 9.17) is 17.0 Å². The lowest BCUT2D eigenvalue weighted by Gasteiger charge is -2.13. The quantitative estimate of drug-likeness (QED) is 0.326. The van der Waals surface area contributed by atoms with Crippen LogP contribution in [-0.2, 0) is 4.74 Å². The van der Waals surface area contributed by atoms with Crippen molar-refractivity contribution in [2.45, 2.75) is 33.6 Å². The van der Waals surface area contributed by atoms with Gasteiger partial charge in [-0.15, -0.1) is 11.3 Å². The molecule has 30 heavy (non-hydrogen) atoms. The van der Waals surface area contributed by atoms with Crippen molar-refractivity contribution < 1.29 is 9.53 Å². The Hall–Kier alpha value is -2.70. The smallest absolute Gasteiger partial charge is 0.341 e. The van der Waals surface area contributed by atoms with Gasteiger partial charge in [0, 0.05) is 16.1 Å². The number of aryl methyl sites for hydroxylation is 1. The predicted molar refractivity (Wildman–Crippen MR) is 131 cm³/mol. The maximum atomic E-state index is 12.8. The van der Waals surface area contributed by atoms with E-state index in [1.165, 1.54) is 16.9 Å². The van der Waals surface area contributed by atoms with E-state index in [1.807, 2.05) is 49.4 Å². The van der Waals surface area contributed by atoms with Crippen LogP contribution in [0.25, 0.3) is 11.1 Å². The lowest BCUT2D eigenvalue weighted by atomic mass is 10.0. The van der Waals surface area contributed by atoms with Gasteiger partial charge in [-0.3, -0.25) is 0 Å². The van der Waals surface area contributed by atoms with Gasteiger partial charge in [0.05, 0.1) is 6.61 Å². The summed E-state index contributed by atoms with van der Waals surface area (Å²) in [4.78, 5) is 13.8. The molecule has 1 heterocycles. The van der Waals surface area contributed by atoms with Crippen LogP contribution in [0.3, 0.4) is 0 Å². The van der Waals surface area contributed by atoms with Crippen LogP contribution in [0.4, 0.5) is 10.7 Å². The first kappa shape index (κ1) is 22.0. The van der Waals surface area contributed by atoms with Gasteiger partial charge in [-0.2, -0.15) is 0 Å². The number of hydrogen-bond acceptors (Lipinski definition) is 4. The monoisotopic (exact) mass is 438 g/mol. The van der Waals surface area contributed by atoms with Crippen molar-refractivity contribution in [2.24, 2.45) is 0 Å². The summed E-state index contributed by atoms with van der Waals surface area (Å²) in [5, 5.41) is 7.51. The molecule has 4 nitrogen and oxygen atoms in total. The Balaban J connectivity index is 1.87. The molecule has 3 rings (SSSR count). The number of esters is 1. The number of thiophene rings is 1. The molecule has 2 N–H and O–H groups in total. The van der Waals surface area contributed by atoms with E-state index in [-0.39, 0.29) is 5.97 Å². The van der Waals surface area contributed by atoms with Crippen LogP contribution in [-0.4, -0.2) is 17.7 Å². The number of nitrogens with one attached hydrogen (secondary N) is 2. The highest BCUT2D eigenvalue weighted by Gasteiger charge is 2.24. The highest BCUT2D eigenvalue weighted by molar-refractivity contribution is 7.80. The number of anilines is 2. The van der Waals surface area contributed by atoms with Crippen molar-refractivity contribution in [3.8, 4) is 11.1 Å². The second-order valence-corrected chi connectivity index (χ2v) is 8.81. The number of benzene rings is 2. The van der Waals surface area contributed by atoms with Crippen molar-refractivity contribution in [1.29, 1.82) is 0 Å². The SMILES string of the molecule is CCOC(=O)c1c(NC(=S)Nc2ccc(C(C)C)cc2)sc(C)c1-c1ccccc1. The first-order valence-corrected chi connectivity index (χ1v) is 11.2. The van der Waals surface area contributed by atoms with Crippen molar-refractivity contribution in [3.63, 3.8) is 0 Å². The highest BCUT2D eigenvalue weighted by Crippen LogP contribution is 2.40. The van der Waals surface area contributed by atoms with Crippen LogP contribution in [0.1, 0.15) is 47.5 Å². The van der Waals surface area contributed by atoms with Crippen molar-refractivity contribution >= 4 is 45.3 Å². The molecule has 1 aromatic heterocycles. The Morgan fingerprint density at radius 2 is 1.73 bits per heavy atom. The summed E-state index contributed by atoms with van der Waals surface area (Å²) < 4.78 is 5.34. The van der Waals surface area contributed by atoms with Gasteiger partial charge in [0.2, 0.25) is 0 Å². The molecule has 2 aromatic carbocycles. The lowest BCUT2D eigenvalue weighted by Crippen LogP contribution is -2.20. The molecule has 0 unspecified atom stereocenters. The third-order valence-corrected chi connectivity index (χ3v) is 5.91. The van der Waals surface area contributed by atoms with Crippen molar-refractivity contribution in [2.75, 3.05) is 17.2 Å². The summed E-state index contributed by atoms with van der Waals surface area (Å²) in [7, 11) is 0. The molecule has 0 aliphatic heterocycles. The minimum atomic E-state index is -0.354. The van der Waals surface area contributed by atoms with E-state index < -0.39 is 0 Å². The van der Waals surface area contributed by atoms with Crippen molar-refractivity contribution in [3.05, 3.63) is 70.6 Å². The fourth-order valence-corrected chi connectivity index (χ4v) is 4.55. The van der Waals surface area contributed by atoms with Crippen LogP contribution in [0, 0.1) is 6.92 Å². The molecule has 0 radical (unpaired) electrons. The van der Waals surface area contributed by atoms with Gasteiger partial charge < -0.3 is 15.4 Å². The van der Waals surface area contributed by atoms with E-state index >= 15 is 0 Å². The van der Waals surface area contributed by atoms with E-state index in [2.05, 4.69) is 36.6 Å². The Kier molecular flexibility index (Phi) is 7.24. The largest absolute Gasteiger partial charge is 0.462 e. The summed E-state index contributed by atoms with van der Waals surface area (Å²) in [6, 6.07) is 18.0. The molecule has 0 bridgehead atoms. The minimum absolute atomic E-state index is 0.312. The fourth-order valence-electron chi connectivity index (χ4n) is 3.20. The highest BCUT2D eigenvalue weighted by atomic mass is 32.1. The maximum absolute atomic E-state index is 12.8. The molecule has 0 amide bonds. The second-order valence-electron chi connectivity index (χ2n) is 7.18. The van der Waals surface area contributed by atoms with Crippen LogP contribution in [0.5, 0.6) is 0 Å². The Morgan fingerprint density at radius 1 is 1.07 bits per heavy atom. The average molecular weight is 439 g/mol. The molecule has 0 saturated heterocycles. The second kappa shape index (κ2) is 9.87. The number of hydrogen-bond donors (Lipinski definition) is 2. The van der Waals surface area contributed by atoms with Gasteiger partial charge in [-0.25, -0.2) is 4.79 Å². The molecular weight excluding hydrogens is 412 g/mol. The Labute approximate surface area is 187 Å². The first-order valence-electron chi connectivity index (χ1n) is 9.94.